The molecule has 0 amide bonds. The summed E-state index contributed by atoms with van der Waals surface area (Å²) < 4.78 is 16.0. The Morgan fingerprint density at radius 1 is 1.38 bits per heavy atom. The number of aromatic nitrogens is 5. The van der Waals surface area contributed by atoms with E-state index in [1.807, 2.05) is 23.1 Å². The van der Waals surface area contributed by atoms with Gasteiger partial charge in [-0.05, 0) is 35.8 Å². The van der Waals surface area contributed by atoms with Gasteiger partial charge in [0, 0.05) is 24.2 Å². The molecule has 3 aromatic rings. The summed E-state index contributed by atoms with van der Waals surface area (Å²) in [4.78, 5) is 4.37. The van der Waals surface area contributed by atoms with E-state index >= 15 is 0 Å². The van der Waals surface area contributed by atoms with E-state index < -0.39 is 0 Å². The van der Waals surface area contributed by atoms with Crippen molar-refractivity contribution in [3.8, 4) is 17.0 Å². The van der Waals surface area contributed by atoms with E-state index in [1.54, 1.807) is 10.7 Å². The minimum Gasteiger partial charge on any atom is -0.470 e. The van der Waals surface area contributed by atoms with Crippen molar-refractivity contribution in [1.82, 2.24) is 24.4 Å². The van der Waals surface area contributed by atoms with Crippen molar-refractivity contribution in [2.24, 2.45) is 0 Å². The zero-order chi connectivity index (χ0) is 16.7. The fourth-order valence-corrected chi connectivity index (χ4v) is 3.05. The van der Waals surface area contributed by atoms with Crippen molar-refractivity contribution >= 4 is 21.6 Å². The number of nitrogens with zero attached hydrogens (tertiary/aromatic N) is 5. The lowest BCUT2D eigenvalue weighted by molar-refractivity contribution is 0.137. The van der Waals surface area contributed by atoms with E-state index in [1.165, 1.54) is 0 Å². The van der Waals surface area contributed by atoms with E-state index in [2.05, 4.69) is 45.0 Å². The van der Waals surface area contributed by atoms with Gasteiger partial charge < -0.3 is 9.47 Å². The Bertz CT molecular complexity index is 867. The molecule has 1 aliphatic heterocycles. The predicted molar refractivity (Wildman–Crippen MR) is 92.1 cm³/mol. The van der Waals surface area contributed by atoms with Gasteiger partial charge in [-0.15, -0.1) is 5.10 Å². The Balaban J connectivity index is 1.80. The third kappa shape index (κ3) is 2.80. The lowest BCUT2D eigenvalue weighted by atomic mass is 10.1. The van der Waals surface area contributed by atoms with Gasteiger partial charge in [-0.2, -0.15) is 5.10 Å². The standard InChI is InChI=1S/C16H18BrN5O2/c1-10(2)21-8-11(6-19-21)13-5-15-18-7-14(17)22(15)20-16(13)24-12-3-4-23-9-12/h5-8,10,12H,3-4,9H2,1-2H3. The first kappa shape index (κ1) is 15.6. The molecule has 0 saturated carbocycles. The lowest BCUT2D eigenvalue weighted by Crippen LogP contribution is -2.17. The molecule has 4 heterocycles. The second-order valence-electron chi connectivity index (χ2n) is 6.12. The van der Waals surface area contributed by atoms with Gasteiger partial charge in [-0.3, -0.25) is 4.68 Å². The van der Waals surface area contributed by atoms with Gasteiger partial charge in [0.1, 0.15) is 10.7 Å². The van der Waals surface area contributed by atoms with E-state index in [0.29, 0.717) is 18.5 Å². The van der Waals surface area contributed by atoms with Crippen LogP contribution >= 0.6 is 15.9 Å². The summed E-state index contributed by atoms with van der Waals surface area (Å²) in [5.41, 5.74) is 2.61. The Hall–Kier alpha value is -1.93. The van der Waals surface area contributed by atoms with Crippen LogP contribution in [0.3, 0.4) is 0 Å². The van der Waals surface area contributed by atoms with Crippen molar-refractivity contribution < 1.29 is 9.47 Å². The highest BCUT2D eigenvalue weighted by Gasteiger charge is 2.22. The average molecular weight is 392 g/mol. The number of ether oxygens (including phenoxy) is 2. The van der Waals surface area contributed by atoms with Crippen LogP contribution < -0.4 is 4.74 Å². The average Bonchev–Trinajstić information content (AvgIpc) is 3.29. The summed E-state index contributed by atoms with van der Waals surface area (Å²) in [7, 11) is 0. The first-order chi connectivity index (χ1) is 11.6. The number of rotatable bonds is 4. The van der Waals surface area contributed by atoms with Crippen molar-refractivity contribution in [2.45, 2.75) is 32.4 Å². The molecule has 8 heteroatoms. The zero-order valence-electron chi connectivity index (χ0n) is 13.5. The number of hydrogen-bond acceptors (Lipinski definition) is 5. The van der Waals surface area contributed by atoms with Gasteiger partial charge in [0.25, 0.3) is 0 Å². The molecular weight excluding hydrogens is 374 g/mol. The van der Waals surface area contributed by atoms with Gasteiger partial charge >= 0.3 is 0 Å². The van der Waals surface area contributed by atoms with Crippen molar-refractivity contribution in [3.63, 3.8) is 0 Å². The van der Waals surface area contributed by atoms with E-state index in [4.69, 9.17) is 9.47 Å². The maximum absolute atomic E-state index is 6.12. The first-order valence-corrected chi connectivity index (χ1v) is 8.74. The molecule has 1 aliphatic rings. The quantitative estimate of drug-likeness (QED) is 0.683. The lowest BCUT2D eigenvalue weighted by Gasteiger charge is -2.14. The topological polar surface area (TPSA) is 66.5 Å². The molecule has 0 bridgehead atoms. The molecule has 1 saturated heterocycles. The number of halogens is 1. The molecule has 4 rings (SSSR count). The third-order valence-corrected chi connectivity index (χ3v) is 4.57. The minimum atomic E-state index is 0.0242. The molecule has 24 heavy (non-hydrogen) atoms. The van der Waals surface area contributed by atoms with Gasteiger partial charge in [0.2, 0.25) is 5.88 Å². The Kier molecular flexibility index (Phi) is 4.01. The highest BCUT2D eigenvalue weighted by Crippen LogP contribution is 2.31. The zero-order valence-corrected chi connectivity index (χ0v) is 15.1. The van der Waals surface area contributed by atoms with Crippen LogP contribution in [0.1, 0.15) is 26.3 Å². The summed E-state index contributed by atoms with van der Waals surface area (Å²) in [5, 5.41) is 9.04. The van der Waals surface area contributed by atoms with Gasteiger partial charge in [-0.1, -0.05) is 0 Å². The van der Waals surface area contributed by atoms with Crippen LogP contribution in [0.5, 0.6) is 5.88 Å². The van der Waals surface area contributed by atoms with Gasteiger partial charge in [0.15, 0.2) is 5.65 Å². The molecule has 0 N–H and O–H groups in total. The molecule has 126 valence electrons. The Morgan fingerprint density at radius 3 is 2.96 bits per heavy atom. The number of imidazole rings is 1. The van der Waals surface area contributed by atoms with E-state index in [9.17, 15) is 0 Å². The monoisotopic (exact) mass is 391 g/mol. The van der Waals surface area contributed by atoms with Crippen molar-refractivity contribution in [1.29, 1.82) is 0 Å². The first-order valence-electron chi connectivity index (χ1n) is 7.95. The van der Waals surface area contributed by atoms with Crippen LogP contribution in [0.2, 0.25) is 0 Å². The minimum absolute atomic E-state index is 0.0242. The predicted octanol–water partition coefficient (Wildman–Crippen LogP) is 3.10. The normalized spacial score (nSPS) is 17.9. The second kappa shape index (κ2) is 6.18. The summed E-state index contributed by atoms with van der Waals surface area (Å²) in [6.45, 7) is 5.51. The fraction of sp³-hybridized carbons (Fsp3) is 0.438. The van der Waals surface area contributed by atoms with E-state index in [-0.39, 0.29) is 6.10 Å². The molecule has 1 atom stereocenters. The van der Waals surface area contributed by atoms with Crippen molar-refractivity contribution in [2.75, 3.05) is 13.2 Å². The fourth-order valence-electron chi connectivity index (χ4n) is 2.69. The number of fused-ring (bicyclic) bond motifs is 1. The summed E-state index contributed by atoms with van der Waals surface area (Å²) in [6, 6.07) is 2.27. The number of hydrogen-bond donors (Lipinski definition) is 0. The Morgan fingerprint density at radius 2 is 2.25 bits per heavy atom. The maximum Gasteiger partial charge on any atom is 0.240 e. The molecular formula is C16H18BrN5O2. The molecule has 1 fully saturated rings. The van der Waals surface area contributed by atoms with Crippen LogP contribution in [0.15, 0.2) is 29.3 Å². The highest BCUT2D eigenvalue weighted by atomic mass is 79.9. The largest absolute Gasteiger partial charge is 0.470 e. The molecule has 0 aliphatic carbocycles. The Labute approximate surface area is 147 Å². The van der Waals surface area contributed by atoms with Crippen LogP contribution in [0.4, 0.5) is 0 Å². The van der Waals surface area contributed by atoms with Crippen LogP contribution in [0, 0.1) is 0 Å². The summed E-state index contributed by atoms with van der Waals surface area (Å²) >= 11 is 3.46. The van der Waals surface area contributed by atoms with E-state index in [0.717, 1.165) is 34.4 Å². The maximum atomic E-state index is 6.12. The molecule has 3 aromatic heterocycles. The summed E-state index contributed by atoms with van der Waals surface area (Å²) in [5.74, 6) is 0.569. The van der Waals surface area contributed by atoms with Crippen LogP contribution in [-0.2, 0) is 4.74 Å². The smallest absolute Gasteiger partial charge is 0.240 e. The van der Waals surface area contributed by atoms with Gasteiger partial charge in [-0.25, -0.2) is 9.50 Å². The van der Waals surface area contributed by atoms with Crippen molar-refractivity contribution in [3.05, 3.63) is 29.3 Å². The highest BCUT2D eigenvalue weighted by molar-refractivity contribution is 9.10. The molecule has 0 spiro atoms. The summed E-state index contributed by atoms with van der Waals surface area (Å²) in [6.07, 6.45) is 6.47. The molecule has 1 unspecified atom stereocenters. The van der Waals surface area contributed by atoms with Gasteiger partial charge in [0.05, 0.1) is 31.2 Å². The molecule has 0 aromatic carbocycles. The third-order valence-electron chi connectivity index (χ3n) is 4.03. The SMILES string of the molecule is CC(C)n1cc(-c2cc3ncc(Br)n3nc2OC2CCOC2)cn1. The molecule has 7 nitrogen and oxygen atoms in total. The van der Waals surface area contributed by atoms with Crippen LogP contribution in [0.25, 0.3) is 16.8 Å². The second-order valence-corrected chi connectivity index (χ2v) is 6.93. The van der Waals surface area contributed by atoms with Crippen LogP contribution in [-0.4, -0.2) is 43.7 Å². The molecule has 0 radical (unpaired) electrons.